The lowest BCUT2D eigenvalue weighted by Gasteiger charge is -2.21. The maximum atomic E-state index is 11.1. The molecule has 3 rings (SSSR count). The predicted octanol–water partition coefficient (Wildman–Crippen LogP) is 2.97. The van der Waals surface area contributed by atoms with E-state index in [2.05, 4.69) is 24.2 Å². The van der Waals surface area contributed by atoms with E-state index in [0.29, 0.717) is 0 Å². The molecule has 4 nitrogen and oxygen atoms in total. The average Bonchev–Trinajstić information content (AvgIpc) is 2.82. The van der Waals surface area contributed by atoms with Gasteiger partial charge in [-0.25, -0.2) is 4.79 Å². The van der Waals surface area contributed by atoms with Crippen molar-refractivity contribution in [2.45, 2.75) is 32.6 Å². The molecule has 0 saturated carbocycles. The molecule has 104 valence electrons. The normalized spacial score (nSPS) is 14.1. The van der Waals surface area contributed by atoms with Gasteiger partial charge in [-0.15, -0.1) is 0 Å². The fraction of sp³-hybridized carbons (Fsp3) is 0.375. The molecule has 0 radical (unpaired) electrons. The van der Waals surface area contributed by atoms with Gasteiger partial charge in [0, 0.05) is 12.6 Å². The minimum Gasteiger partial charge on any atom is -0.476 e. The third-order valence-electron chi connectivity index (χ3n) is 4.14. The monoisotopic (exact) mass is 270 g/mol. The Bertz CT molecular complexity index is 686. The molecule has 20 heavy (non-hydrogen) atoms. The lowest BCUT2D eigenvalue weighted by molar-refractivity contribution is 0.0689. The van der Waals surface area contributed by atoms with Crippen LogP contribution in [0.15, 0.2) is 18.2 Å². The largest absolute Gasteiger partial charge is 0.476 e. The molecule has 0 fully saturated rings. The topological polar surface area (TPSA) is 55.1 Å². The molecule has 0 spiro atoms. The zero-order valence-corrected chi connectivity index (χ0v) is 11.8. The number of aryl methyl sites for hydroxylation is 2. The zero-order chi connectivity index (χ0) is 14.3. The van der Waals surface area contributed by atoms with Crippen molar-refractivity contribution in [1.29, 1.82) is 0 Å². The number of hydrogen-bond donors (Lipinski definition) is 1. The minimum atomic E-state index is -0.979. The van der Waals surface area contributed by atoms with Crippen LogP contribution in [0.1, 0.15) is 40.0 Å². The fourth-order valence-electron chi connectivity index (χ4n) is 3.11. The molecule has 0 saturated heterocycles. The summed E-state index contributed by atoms with van der Waals surface area (Å²) in [6.07, 6.45) is 4.63. The van der Waals surface area contributed by atoms with Crippen LogP contribution in [0.25, 0.3) is 11.3 Å². The van der Waals surface area contributed by atoms with E-state index in [4.69, 9.17) is 5.11 Å². The van der Waals surface area contributed by atoms with Gasteiger partial charge in [-0.3, -0.25) is 4.68 Å². The van der Waals surface area contributed by atoms with Crippen LogP contribution < -0.4 is 0 Å². The second kappa shape index (κ2) is 4.78. The number of aromatic carboxylic acids is 1. The first-order chi connectivity index (χ1) is 9.58. The summed E-state index contributed by atoms with van der Waals surface area (Å²) >= 11 is 0. The first-order valence-electron chi connectivity index (χ1n) is 6.97. The summed E-state index contributed by atoms with van der Waals surface area (Å²) in [6, 6.07) is 5.90. The van der Waals surface area contributed by atoms with Gasteiger partial charge in [0.1, 0.15) is 0 Å². The number of aromatic nitrogens is 2. The number of hydrogen-bond acceptors (Lipinski definition) is 2. The van der Waals surface area contributed by atoms with E-state index in [1.165, 1.54) is 29.5 Å². The Kier molecular flexibility index (Phi) is 3.08. The van der Waals surface area contributed by atoms with Crippen LogP contribution in [0, 0.1) is 6.92 Å². The van der Waals surface area contributed by atoms with Gasteiger partial charge >= 0.3 is 5.97 Å². The summed E-state index contributed by atoms with van der Waals surface area (Å²) in [7, 11) is 1.80. The van der Waals surface area contributed by atoms with Crippen molar-refractivity contribution in [2.24, 2.45) is 7.05 Å². The average molecular weight is 270 g/mol. The summed E-state index contributed by atoms with van der Waals surface area (Å²) in [5.41, 5.74) is 6.27. The summed E-state index contributed by atoms with van der Waals surface area (Å²) in [5.74, 6) is -0.979. The number of benzene rings is 1. The van der Waals surface area contributed by atoms with Crippen LogP contribution in [0.3, 0.4) is 0 Å². The maximum Gasteiger partial charge on any atom is 0.356 e. The van der Waals surface area contributed by atoms with Crippen molar-refractivity contribution in [3.05, 3.63) is 40.6 Å². The Balaban J connectivity index is 2.18. The molecule has 0 aliphatic heterocycles. The molecule has 1 aromatic carbocycles. The van der Waals surface area contributed by atoms with E-state index in [1.807, 2.05) is 0 Å². The van der Waals surface area contributed by atoms with Crippen LogP contribution in [-0.2, 0) is 19.9 Å². The first-order valence-corrected chi connectivity index (χ1v) is 6.97. The lowest BCUT2D eigenvalue weighted by atomic mass is 9.84. The molecule has 1 aliphatic carbocycles. The van der Waals surface area contributed by atoms with Crippen molar-refractivity contribution in [3.8, 4) is 11.3 Å². The fourth-order valence-corrected chi connectivity index (χ4v) is 3.11. The number of rotatable bonds is 2. The minimum absolute atomic E-state index is 0.104. The van der Waals surface area contributed by atoms with Crippen molar-refractivity contribution in [1.82, 2.24) is 9.78 Å². The van der Waals surface area contributed by atoms with Gasteiger partial charge in [-0.1, -0.05) is 12.1 Å². The summed E-state index contributed by atoms with van der Waals surface area (Å²) in [6.45, 7) is 2.15. The molecule has 1 aliphatic rings. The van der Waals surface area contributed by atoms with E-state index in [-0.39, 0.29) is 5.69 Å². The predicted molar refractivity (Wildman–Crippen MR) is 77.0 cm³/mol. The highest BCUT2D eigenvalue weighted by molar-refractivity contribution is 5.87. The van der Waals surface area contributed by atoms with Gasteiger partial charge in [0.2, 0.25) is 0 Å². The Labute approximate surface area is 118 Å². The van der Waals surface area contributed by atoms with Crippen molar-refractivity contribution >= 4 is 5.97 Å². The lowest BCUT2D eigenvalue weighted by Crippen LogP contribution is -2.08. The smallest absolute Gasteiger partial charge is 0.356 e. The highest BCUT2D eigenvalue weighted by atomic mass is 16.4. The number of carbonyl (C=O) groups is 1. The van der Waals surface area contributed by atoms with E-state index in [0.717, 1.165) is 24.1 Å². The molecular formula is C16H18N2O2. The van der Waals surface area contributed by atoms with Crippen LogP contribution in [-0.4, -0.2) is 20.9 Å². The van der Waals surface area contributed by atoms with E-state index >= 15 is 0 Å². The molecule has 0 bridgehead atoms. The number of carboxylic acids is 1. The van der Waals surface area contributed by atoms with Gasteiger partial charge in [-0.2, -0.15) is 5.10 Å². The standard InChI is InChI=1S/C16H18N2O2/c1-10-7-8-13(12-6-4-3-5-11(10)12)15-9-14(16(19)20)17-18(15)2/h7-9H,3-6H2,1-2H3,(H,19,20). The highest BCUT2D eigenvalue weighted by Gasteiger charge is 2.19. The Morgan fingerprint density at radius 1 is 1.25 bits per heavy atom. The molecule has 2 aromatic rings. The van der Waals surface area contributed by atoms with Crippen LogP contribution in [0.5, 0.6) is 0 Å². The first kappa shape index (κ1) is 12.9. The highest BCUT2D eigenvalue weighted by Crippen LogP contribution is 2.33. The van der Waals surface area contributed by atoms with Crippen LogP contribution in [0.4, 0.5) is 0 Å². The number of carboxylic acid groups (broad SMARTS) is 1. The van der Waals surface area contributed by atoms with Gasteiger partial charge in [-0.05, 0) is 55.4 Å². The molecule has 4 heteroatoms. The van der Waals surface area contributed by atoms with Gasteiger partial charge in [0.15, 0.2) is 5.69 Å². The Morgan fingerprint density at radius 2 is 1.95 bits per heavy atom. The van der Waals surface area contributed by atoms with Crippen LogP contribution >= 0.6 is 0 Å². The molecule has 1 N–H and O–H groups in total. The van der Waals surface area contributed by atoms with Crippen LogP contribution in [0.2, 0.25) is 0 Å². The van der Waals surface area contributed by atoms with E-state index in [1.54, 1.807) is 17.8 Å². The molecule has 1 heterocycles. The Hall–Kier alpha value is -2.10. The SMILES string of the molecule is Cc1ccc(-c2cc(C(=O)O)nn2C)c2c1CCCC2. The van der Waals surface area contributed by atoms with Gasteiger partial charge in [0.25, 0.3) is 0 Å². The van der Waals surface area contributed by atoms with Gasteiger partial charge < -0.3 is 5.11 Å². The third kappa shape index (κ3) is 2.01. The van der Waals surface area contributed by atoms with Crippen molar-refractivity contribution in [3.63, 3.8) is 0 Å². The Morgan fingerprint density at radius 3 is 2.60 bits per heavy atom. The quantitative estimate of drug-likeness (QED) is 0.912. The molecule has 1 aromatic heterocycles. The van der Waals surface area contributed by atoms with E-state index in [9.17, 15) is 4.79 Å². The number of nitrogens with zero attached hydrogens (tertiary/aromatic N) is 2. The maximum absolute atomic E-state index is 11.1. The third-order valence-corrected chi connectivity index (χ3v) is 4.14. The second-order valence-corrected chi connectivity index (χ2v) is 5.44. The molecular weight excluding hydrogens is 252 g/mol. The van der Waals surface area contributed by atoms with Crippen molar-refractivity contribution < 1.29 is 9.90 Å². The summed E-state index contributed by atoms with van der Waals surface area (Å²) in [5, 5.41) is 13.2. The van der Waals surface area contributed by atoms with Gasteiger partial charge in [0.05, 0.1) is 5.69 Å². The van der Waals surface area contributed by atoms with Crippen molar-refractivity contribution in [2.75, 3.05) is 0 Å². The molecule has 0 unspecified atom stereocenters. The zero-order valence-electron chi connectivity index (χ0n) is 11.8. The number of fused-ring (bicyclic) bond motifs is 1. The second-order valence-electron chi connectivity index (χ2n) is 5.44. The van der Waals surface area contributed by atoms with E-state index < -0.39 is 5.97 Å². The summed E-state index contributed by atoms with van der Waals surface area (Å²) < 4.78 is 1.67. The summed E-state index contributed by atoms with van der Waals surface area (Å²) in [4.78, 5) is 11.1. The molecule has 0 atom stereocenters. The molecule has 0 amide bonds.